The van der Waals surface area contributed by atoms with Gasteiger partial charge in [0.2, 0.25) is 0 Å². The number of carbonyl (C=O) groups excluding carboxylic acids is 1. The van der Waals surface area contributed by atoms with Gasteiger partial charge in [0.1, 0.15) is 17.6 Å². The lowest BCUT2D eigenvalue weighted by atomic mass is 9.64. The first-order valence-electron chi connectivity index (χ1n) is 6.83. The van der Waals surface area contributed by atoms with Crippen molar-refractivity contribution in [2.75, 3.05) is 0 Å². The lowest BCUT2D eigenvalue weighted by molar-refractivity contribution is -0.150. The van der Waals surface area contributed by atoms with Crippen LogP contribution in [0.25, 0.3) is 10.8 Å². The molecule has 0 amide bonds. The highest BCUT2D eigenvalue weighted by molar-refractivity contribution is 5.92. The van der Waals surface area contributed by atoms with E-state index < -0.39 is 0 Å². The normalized spacial score (nSPS) is 26.2. The second-order valence-electron chi connectivity index (χ2n) is 5.48. The molecule has 0 saturated heterocycles. The highest BCUT2D eigenvalue weighted by atomic mass is 16.5. The maximum Gasteiger partial charge on any atom is 0.146 e. The number of hydrogen-bond donors (Lipinski definition) is 0. The van der Waals surface area contributed by atoms with Crippen LogP contribution in [0.15, 0.2) is 42.5 Å². The number of benzene rings is 2. The van der Waals surface area contributed by atoms with Crippen molar-refractivity contribution in [2.45, 2.75) is 32.8 Å². The maximum atomic E-state index is 11.8. The number of carbonyl (C=O) groups is 1. The minimum absolute atomic E-state index is 0.0100. The smallest absolute Gasteiger partial charge is 0.146 e. The first kappa shape index (κ1) is 12.2. The van der Waals surface area contributed by atoms with Gasteiger partial charge in [0.15, 0.2) is 0 Å². The van der Waals surface area contributed by atoms with Crippen LogP contribution in [0.4, 0.5) is 0 Å². The first-order valence-corrected chi connectivity index (χ1v) is 6.83. The van der Waals surface area contributed by atoms with Gasteiger partial charge in [-0.2, -0.15) is 0 Å². The molecule has 1 aliphatic carbocycles. The summed E-state index contributed by atoms with van der Waals surface area (Å²) < 4.78 is 6.12. The van der Waals surface area contributed by atoms with Crippen molar-refractivity contribution in [1.29, 1.82) is 0 Å². The molecule has 0 N–H and O–H groups in total. The second kappa shape index (κ2) is 4.37. The predicted molar refractivity (Wildman–Crippen MR) is 76.4 cm³/mol. The van der Waals surface area contributed by atoms with E-state index in [2.05, 4.69) is 25.1 Å². The van der Waals surface area contributed by atoms with Crippen molar-refractivity contribution in [3.63, 3.8) is 0 Å². The molecular formula is C17H18O2. The fraction of sp³-hybridized carbons (Fsp3) is 0.353. The molecule has 3 rings (SSSR count). The molecule has 2 aromatic rings. The third-order valence-electron chi connectivity index (χ3n) is 4.47. The standard InChI is InChI=1S/C17H18O2/c1-3-17(2)15(18)11-16(17)19-14-10-6-8-12-7-4-5-9-13(12)14/h4-10,16H,3,11H2,1-2H3. The van der Waals surface area contributed by atoms with Gasteiger partial charge in [-0.15, -0.1) is 0 Å². The molecule has 0 radical (unpaired) electrons. The predicted octanol–water partition coefficient (Wildman–Crippen LogP) is 3.98. The minimum Gasteiger partial charge on any atom is -0.488 e. The molecule has 1 saturated carbocycles. The molecule has 1 aliphatic rings. The SMILES string of the molecule is CCC1(C)C(=O)CC1Oc1cccc2ccccc12. The summed E-state index contributed by atoms with van der Waals surface area (Å²) in [6, 6.07) is 14.2. The molecule has 0 aromatic heterocycles. The van der Waals surface area contributed by atoms with E-state index in [4.69, 9.17) is 4.74 Å². The van der Waals surface area contributed by atoms with Crippen molar-refractivity contribution in [3.05, 3.63) is 42.5 Å². The summed E-state index contributed by atoms with van der Waals surface area (Å²) >= 11 is 0. The number of fused-ring (bicyclic) bond motifs is 1. The van der Waals surface area contributed by atoms with Crippen molar-refractivity contribution in [3.8, 4) is 5.75 Å². The maximum absolute atomic E-state index is 11.8. The van der Waals surface area contributed by atoms with Gasteiger partial charge in [-0.05, 0) is 24.8 Å². The van der Waals surface area contributed by atoms with Crippen LogP contribution in [-0.2, 0) is 4.79 Å². The Bertz CT molecular complexity index is 627. The molecule has 0 bridgehead atoms. The van der Waals surface area contributed by atoms with Gasteiger partial charge in [0, 0.05) is 11.8 Å². The average Bonchev–Trinajstić information content (AvgIpc) is 2.46. The third kappa shape index (κ3) is 1.83. The van der Waals surface area contributed by atoms with Crippen LogP contribution in [0.5, 0.6) is 5.75 Å². The van der Waals surface area contributed by atoms with Crippen LogP contribution in [0.3, 0.4) is 0 Å². The molecule has 0 spiro atoms. The number of Topliss-reactive ketones (excluding diaryl/α,β-unsaturated/α-hetero) is 1. The highest BCUT2D eigenvalue weighted by Gasteiger charge is 2.51. The van der Waals surface area contributed by atoms with E-state index in [9.17, 15) is 4.79 Å². The van der Waals surface area contributed by atoms with Crippen molar-refractivity contribution in [2.24, 2.45) is 5.41 Å². The van der Waals surface area contributed by atoms with Gasteiger partial charge in [0.25, 0.3) is 0 Å². The Hall–Kier alpha value is -1.83. The second-order valence-corrected chi connectivity index (χ2v) is 5.48. The zero-order chi connectivity index (χ0) is 13.5. The fourth-order valence-electron chi connectivity index (χ4n) is 2.72. The molecule has 2 unspecified atom stereocenters. The van der Waals surface area contributed by atoms with Gasteiger partial charge in [-0.1, -0.05) is 43.3 Å². The Morgan fingerprint density at radius 1 is 1.21 bits per heavy atom. The summed E-state index contributed by atoms with van der Waals surface area (Å²) in [5, 5.41) is 2.28. The van der Waals surface area contributed by atoms with Gasteiger partial charge in [0.05, 0.1) is 5.41 Å². The van der Waals surface area contributed by atoms with E-state index in [1.165, 1.54) is 5.39 Å². The van der Waals surface area contributed by atoms with Crippen LogP contribution in [0, 0.1) is 5.41 Å². The van der Waals surface area contributed by atoms with Crippen LogP contribution < -0.4 is 4.74 Å². The van der Waals surface area contributed by atoms with Crippen molar-refractivity contribution < 1.29 is 9.53 Å². The summed E-state index contributed by atoms with van der Waals surface area (Å²) in [6.07, 6.45) is 1.38. The van der Waals surface area contributed by atoms with Crippen LogP contribution in [-0.4, -0.2) is 11.9 Å². The Kier molecular flexibility index (Phi) is 2.81. The summed E-state index contributed by atoms with van der Waals surface area (Å²) in [5.41, 5.74) is -0.309. The first-order chi connectivity index (χ1) is 9.15. The van der Waals surface area contributed by atoms with Gasteiger partial charge in [-0.3, -0.25) is 4.79 Å². The molecule has 98 valence electrons. The third-order valence-corrected chi connectivity index (χ3v) is 4.47. The van der Waals surface area contributed by atoms with Crippen LogP contribution >= 0.6 is 0 Å². The molecular weight excluding hydrogens is 236 g/mol. The number of ether oxygens (including phenoxy) is 1. The quantitative estimate of drug-likeness (QED) is 0.828. The molecule has 0 aliphatic heterocycles. The van der Waals surface area contributed by atoms with E-state index in [1.54, 1.807) is 0 Å². The van der Waals surface area contributed by atoms with E-state index in [1.807, 2.05) is 31.2 Å². The van der Waals surface area contributed by atoms with Crippen molar-refractivity contribution in [1.82, 2.24) is 0 Å². The van der Waals surface area contributed by atoms with Gasteiger partial charge < -0.3 is 4.74 Å². The topological polar surface area (TPSA) is 26.3 Å². The van der Waals surface area contributed by atoms with E-state index >= 15 is 0 Å². The van der Waals surface area contributed by atoms with Gasteiger partial charge in [-0.25, -0.2) is 0 Å². The highest BCUT2D eigenvalue weighted by Crippen LogP contribution is 2.43. The monoisotopic (exact) mass is 254 g/mol. The zero-order valence-corrected chi connectivity index (χ0v) is 11.3. The van der Waals surface area contributed by atoms with E-state index in [0.717, 1.165) is 17.6 Å². The Labute approximate surface area is 113 Å². The summed E-state index contributed by atoms with van der Waals surface area (Å²) in [5.74, 6) is 1.20. The minimum atomic E-state index is -0.309. The molecule has 2 atom stereocenters. The lowest BCUT2D eigenvalue weighted by Gasteiger charge is -2.44. The Morgan fingerprint density at radius 2 is 1.95 bits per heavy atom. The summed E-state index contributed by atoms with van der Waals surface area (Å²) in [4.78, 5) is 11.8. The number of ketones is 1. The van der Waals surface area contributed by atoms with E-state index in [-0.39, 0.29) is 11.5 Å². The molecule has 2 aromatic carbocycles. The average molecular weight is 254 g/mol. The number of rotatable bonds is 3. The van der Waals surface area contributed by atoms with Gasteiger partial charge >= 0.3 is 0 Å². The molecule has 2 nitrogen and oxygen atoms in total. The van der Waals surface area contributed by atoms with E-state index in [0.29, 0.717) is 12.2 Å². The molecule has 2 heteroatoms. The molecule has 1 fully saturated rings. The number of hydrogen-bond acceptors (Lipinski definition) is 2. The fourth-order valence-corrected chi connectivity index (χ4v) is 2.72. The summed E-state index contributed by atoms with van der Waals surface area (Å²) in [7, 11) is 0. The lowest BCUT2D eigenvalue weighted by Crippen LogP contribution is -2.54. The Balaban J connectivity index is 1.93. The Morgan fingerprint density at radius 3 is 2.68 bits per heavy atom. The molecule has 0 heterocycles. The summed E-state index contributed by atoms with van der Waals surface area (Å²) in [6.45, 7) is 4.06. The molecule has 19 heavy (non-hydrogen) atoms. The largest absolute Gasteiger partial charge is 0.488 e. The zero-order valence-electron chi connectivity index (χ0n) is 11.3. The van der Waals surface area contributed by atoms with Crippen LogP contribution in [0.2, 0.25) is 0 Å². The van der Waals surface area contributed by atoms with Crippen molar-refractivity contribution >= 4 is 16.6 Å². The van der Waals surface area contributed by atoms with Crippen LogP contribution in [0.1, 0.15) is 26.7 Å².